The lowest BCUT2D eigenvalue weighted by molar-refractivity contribution is 0.597. The third-order valence-electron chi connectivity index (χ3n) is 1.64. The van der Waals surface area contributed by atoms with Crippen LogP contribution in [-0.4, -0.2) is 8.42 Å². The summed E-state index contributed by atoms with van der Waals surface area (Å²) in [5, 5.41) is 5.03. The standard InChI is InChI=1S/C9H11NO2S/c1-2-5-8-6-3-4-7-9(8)13(10,11)12/h2-4,6-7H,1,5H2,(H2,10,11,12). The van der Waals surface area contributed by atoms with Crippen molar-refractivity contribution in [3.05, 3.63) is 42.5 Å². The van der Waals surface area contributed by atoms with Crippen LogP contribution >= 0.6 is 0 Å². The van der Waals surface area contributed by atoms with Crippen molar-refractivity contribution >= 4 is 10.0 Å². The molecule has 13 heavy (non-hydrogen) atoms. The van der Waals surface area contributed by atoms with Crippen LogP contribution in [0, 0.1) is 0 Å². The van der Waals surface area contributed by atoms with E-state index in [0.29, 0.717) is 12.0 Å². The Kier molecular flexibility index (Phi) is 2.85. The number of primary sulfonamides is 1. The monoisotopic (exact) mass is 197 g/mol. The van der Waals surface area contributed by atoms with Crippen LogP contribution < -0.4 is 5.14 Å². The molecule has 1 rings (SSSR count). The molecule has 0 saturated carbocycles. The molecule has 0 amide bonds. The van der Waals surface area contributed by atoms with Crippen molar-refractivity contribution in [2.75, 3.05) is 0 Å². The molecule has 0 atom stereocenters. The van der Waals surface area contributed by atoms with E-state index in [1.165, 1.54) is 6.07 Å². The molecule has 0 saturated heterocycles. The second-order valence-electron chi connectivity index (χ2n) is 2.65. The Labute approximate surface area is 77.9 Å². The molecule has 0 unspecified atom stereocenters. The number of sulfonamides is 1. The van der Waals surface area contributed by atoms with Gasteiger partial charge in [0.1, 0.15) is 0 Å². The van der Waals surface area contributed by atoms with Crippen molar-refractivity contribution in [2.45, 2.75) is 11.3 Å². The smallest absolute Gasteiger partial charge is 0.225 e. The number of hydrogen-bond donors (Lipinski definition) is 1. The minimum absolute atomic E-state index is 0.176. The highest BCUT2D eigenvalue weighted by molar-refractivity contribution is 7.89. The minimum atomic E-state index is -3.60. The third-order valence-corrected chi connectivity index (χ3v) is 2.65. The average molecular weight is 197 g/mol. The zero-order valence-corrected chi connectivity index (χ0v) is 7.92. The van der Waals surface area contributed by atoms with Crippen LogP contribution in [0.15, 0.2) is 41.8 Å². The van der Waals surface area contributed by atoms with Gasteiger partial charge in [0, 0.05) is 0 Å². The van der Waals surface area contributed by atoms with E-state index in [-0.39, 0.29) is 4.90 Å². The lowest BCUT2D eigenvalue weighted by atomic mass is 10.1. The second kappa shape index (κ2) is 3.72. The summed E-state index contributed by atoms with van der Waals surface area (Å²) < 4.78 is 22.1. The Morgan fingerprint density at radius 1 is 1.38 bits per heavy atom. The quantitative estimate of drug-likeness (QED) is 0.736. The van der Waals surface area contributed by atoms with Crippen LogP contribution in [0.25, 0.3) is 0 Å². The van der Waals surface area contributed by atoms with E-state index in [1.54, 1.807) is 24.3 Å². The van der Waals surface area contributed by atoms with Gasteiger partial charge in [0.15, 0.2) is 0 Å². The van der Waals surface area contributed by atoms with E-state index in [2.05, 4.69) is 6.58 Å². The summed E-state index contributed by atoms with van der Waals surface area (Å²) >= 11 is 0. The van der Waals surface area contributed by atoms with Crippen molar-refractivity contribution in [1.82, 2.24) is 0 Å². The number of allylic oxidation sites excluding steroid dienone is 1. The highest BCUT2D eigenvalue weighted by Gasteiger charge is 2.11. The summed E-state index contributed by atoms with van der Waals surface area (Å²) in [5.74, 6) is 0. The summed E-state index contributed by atoms with van der Waals surface area (Å²) in [6.07, 6.45) is 2.15. The maximum Gasteiger partial charge on any atom is 0.238 e. The van der Waals surface area contributed by atoms with Crippen LogP contribution in [0.4, 0.5) is 0 Å². The highest BCUT2D eigenvalue weighted by atomic mass is 32.2. The molecule has 0 spiro atoms. The maximum absolute atomic E-state index is 11.1. The molecule has 0 aliphatic heterocycles. The summed E-state index contributed by atoms with van der Waals surface area (Å²) in [6, 6.07) is 6.63. The summed E-state index contributed by atoms with van der Waals surface area (Å²) in [5.41, 5.74) is 0.681. The van der Waals surface area contributed by atoms with Crippen LogP contribution in [0.2, 0.25) is 0 Å². The summed E-state index contributed by atoms with van der Waals surface area (Å²) in [6.45, 7) is 3.54. The molecule has 0 bridgehead atoms. The molecule has 0 fully saturated rings. The van der Waals surface area contributed by atoms with Gasteiger partial charge < -0.3 is 0 Å². The molecule has 3 nitrogen and oxygen atoms in total. The molecular weight excluding hydrogens is 186 g/mol. The first-order valence-corrected chi connectivity index (χ1v) is 5.32. The Hall–Kier alpha value is -1.13. The van der Waals surface area contributed by atoms with Gasteiger partial charge in [0.05, 0.1) is 4.90 Å². The molecule has 0 radical (unpaired) electrons. The van der Waals surface area contributed by atoms with E-state index in [4.69, 9.17) is 5.14 Å². The van der Waals surface area contributed by atoms with Gasteiger partial charge in [-0.1, -0.05) is 24.3 Å². The van der Waals surface area contributed by atoms with E-state index in [1.807, 2.05) is 0 Å². The number of rotatable bonds is 3. The predicted octanol–water partition coefficient (Wildman–Crippen LogP) is 1.06. The Morgan fingerprint density at radius 2 is 2.00 bits per heavy atom. The maximum atomic E-state index is 11.1. The fraction of sp³-hybridized carbons (Fsp3) is 0.111. The number of nitrogens with two attached hydrogens (primary N) is 1. The molecule has 1 aromatic rings. The van der Waals surface area contributed by atoms with Gasteiger partial charge in [-0.2, -0.15) is 0 Å². The van der Waals surface area contributed by atoms with Crippen molar-refractivity contribution in [1.29, 1.82) is 0 Å². The lowest BCUT2D eigenvalue weighted by Crippen LogP contribution is -2.14. The first kappa shape index (κ1) is 9.95. The fourth-order valence-electron chi connectivity index (χ4n) is 1.11. The van der Waals surface area contributed by atoms with Crippen LogP contribution in [0.5, 0.6) is 0 Å². The molecule has 0 aliphatic rings. The first-order valence-electron chi connectivity index (χ1n) is 3.77. The zero-order chi connectivity index (χ0) is 9.90. The lowest BCUT2D eigenvalue weighted by Gasteiger charge is -2.03. The average Bonchev–Trinajstić information content (AvgIpc) is 2.04. The Morgan fingerprint density at radius 3 is 2.54 bits per heavy atom. The van der Waals surface area contributed by atoms with Gasteiger partial charge in [-0.3, -0.25) is 0 Å². The van der Waals surface area contributed by atoms with E-state index < -0.39 is 10.0 Å². The molecular formula is C9H11NO2S. The minimum Gasteiger partial charge on any atom is -0.225 e. The van der Waals surface area contributed by atoms with Crippen LogP contribution in [-0.2, 0) is 16.4 Å². The van der Waals surface area contributed by atoms with Gasteiger partial charge in [-0.05, 0) is 18.1 Å². The molecule has 0 aliphatic carbocycles. The number of hydrogen-bond acceptors (Lipinski definition) is 2. The Bertz CT molecular complexity index is 409. The van der Waals surface area contributed by atoms with Gasteiger partial charge >= 0.3 is 0 Å². The van der Waals surface area contributed by atoms with E-state index >= 15 is 0 Å². The summed E-state index contributed by atoms with van der Waals surface area (Å²) in [7, 11) is -3.60. The Balaban J connectivity index is 3.28. The molecule has 70 valence electrons. The topological polar surface area (TPSA) is 60.2 Å². The molecule has 4 heteroatoms. The van der Waals surface area contributed by atoms with Gasteiger partial charge in [-0.25, -0.2) is 13.6 Å². The van der Waals surface area contributed by atoms with Crippen LogP contribution in [0.1, 0.15) is 5.56 Å². The zero-order valence-electron chi connectivity index (χ0n) is 7.10. The SMILES string of the molecule is C=CCc1ccccc1S(N)(=O)=O. The normalized spacial score (nSPS) is 11.2. The molecule has 0 aromatic heterocycles. The molecule has 1 aromatic carbocycles. The molecule has 0 heterocycles. The van der Waals surface area contributed by atoms with Gasteiger partial charge in [0.25, 0.3) is 0 Å². The van der Waals surface area contributed by atoms with Crippen molar-refractivity contribution in [3.8, 4) is 0 Å². The summed E-state index contributed by atoms with van der Waals surface area (Å²) in [4.78, 5) is 0.176. The van der Waals surface area contributed by atoms with Gasteiger partial charge in [0.2, 0.25) is 10.0 Å². The van der Waals surface area contributed by atoms with E-state index in [9.17, 15) is 8.42 Å². The fourth-order valence-corrected chi connectivity index (χ4v) is 1.89. The first-order chi connectivity index (χ1) is 6.05. The second-order valence-corrected chi connectivity index (χ2v) is 4.18. The third kappa shape index (κ3) is 2.40. The highest BCUT2D eigenvalue weighted by Crippen LogP contribution is 2.14. The predicted molar refractivity (Wildman–Crippen MR) is 51.7 cm³/mol. The number of benzene rings is 1. The van der Waals surface area contributed by atoms with Gasteiger partial charge in [-0.15, -0.1) is 6.58 Å². The van der Waals surface area contributed by atoms with E-state index in [0.717, 1.165) is 0 Å². The van der Waals surface area contributed by atoms with Crippen molar-refractivity contribution < 1.29 is 8.42 Å². The van der Waals surface area contributed by atoms with Crippen molar-refractivity contribution in [3.63, 3.8) is 0 Å². The van der Waals surface area contributed by atoms with Crippen LogP contribution in [0.3, 0.4) is 0 Å². The largest absolute Gasteiger partial charge is 0.238 e. The molecule has 2 N–H and O–H groups in total. The van der Waals surface area contributed by atoms with Crippen molar-refractivity contribution in [2.24, 2.45) is 5.14 Å².